The van der Waals surface area contributed by atoms with Crippen LogP contribution in [0.3, 0.4) is 0 Å². The second-order valence-electron chi connectivity index (χ2n) is 5.96. The van der Waals surface area contributed by atoms with E-state index in [1.807, 2.05) is 24.3 Å². The smallest absolute Gasteiger partial charge is 0.331 e. The Morgan fingerprint density at radius 1 is 0.577 bits per heavy atom. The van der Waals surface area contributed by atoms with E-state index in [1.165, 1.54) is 0 Å². The molecular formula is C20H26O6. The van der Waals surface area contributed by atoms with E-state index in [2.05, 4.69) is 0 Å². The Morgan fingerprint density at radius 2 is 1.00 bits per heavy atom. The summed E-state index contributed by atoms with van der Waals surface area (Å²) >= 11 is 0. The summed E-state index contributed by atoms with van der Waals surface area (Å²) in [4.78, 5) is 23.0. The Morgan fingerprint density at radius 3 is 1.46 bits per heavy atom. The van der Waals surface area contributed by atoms with Gasteiger partial charge in [-0.3, -0.25) is 0 Å². The van der Waals surface area contributed by atoms with Gasteiger partial charge in [-0.25, -0.2) is 9.59 Å². The number of benzene rings is 1. The van der Waals surface area contributed by atoms with Crippen LogP contribution in [0.2, 0.25) is 0 Å². The van der Waals surface area contributed by atoms with E-state index < -0.39 is 11.9 Å². The normalized spacial score (nSPS) is 19.7. The first-order valence-corrected chi connectivity index (χ1v) is 9.11. The van der Waals surface area contributed by atoms with Crippen molar-refractivity contribution in [2.75, 3.05) is 26.4 Å². The van der Waals surface area contributed by atoms with Crippen molar-refractivity contribution < 1.29 is 28.5 Å². The van der Waals surface area contributed by atoms with Crippen LogP contribution in [0.25, 0.3) is 0 Å². The van der Waals surface area contributed by atoms with Gasteiger partial charge in [0.25, 0.3) is 0 Å². The SMILES string of the molecule is O=C1/C=C/C(=O)OCCCCCOc2cccc(c2)OCCCCCO1. The van der Waals surface area contributed by atoms with Gasteiger partial charge >= 0.3 is 11.9 Å². The van der Waals surface area contributed by atoms with Crippen LogP contribution >= 0.6 is 0 Å². The minimum absolute atomic E-state index is 0.321. The summed E-state index contributed by atoms with van der Waals surface area (Å²) in [5.74, 6) is 0.518. The molecule has 0 radical (unpaired) electrons. The summed E-state index contributed by atoms with van der Waals surface area (Å²) in [5, 5.41) is 0. The van der Waals surface area contributed by atoms with Gasteiger partial charge in [0.2, 0.25) is 0 Å². The molecule has 6 heteroatoms. The number of fused-ring (bicyclic) bond motifs is 2. The van der Waals surface area contributed by atoms with Crippen LogP contribution in [0.15, 0.2) is 36.4 Å². The van der Waals surface area contributed by atoms with E-state index in [4.69, 9.17) is 18.9 Å². The summed E-state index contributed by atoms with van der Waals surface area (Å²) in [7, 11) is 0. The molecule has 0 N–H and O–H groups in total. The van der Waals surface area contributed by atoms with Gasteiger partial charge in [-0.1, -0.05) is 6.07 Å². The lowest BCUT2D eigenvalue weighted by atomic mass is 10.2. The van der Waals surface area contributed by atoms with Gasteiger partial charge in [0, 0.05) is 18.2 Å². The highest BCUT2D eigenvalue weighted by Crippen LogP contribution is 2.20. The Kier molecular flexibility index (Phi) is 9.11. The zero-order chi connectivity index (χ0) is 18.5. The maximum Gasteiger partial charge on any atom is 0.331 e. The number of esters is 2. The summed E-state index contributed by atoms with van der Waals surface area (Å²) in [6.07, 6.45) is 7.20. The van der Waals surface area contributed by atoms with Crippen LogP contribution in [0.4, 0.5) is 0 Å². The highest BCUT2D eigenvalue weighted by atomic mass is 16.5. The van der Waals surface area contributed by atoms with Crippen molar-refractivity contribution in [1.29, 1.82) is 0 Å². The summed E-state index contributed by atoms with van der Waals surface area (Å²) in [6.45, 7) is 1.84. The zero-order valence-electron chi connectivity index (χ0n) is 15.0. The fourth-order valence-electron chi connectivity index (χ4n) is 2.37. The maximum absolute atomic E-state index is 11.5. The standard InChI is InChI=1S/C20H26O6/c21-19-10-11-20(22)26-15-6-2-4-13-24-18-9-7-8-17(16-18)23-12-3-1-5-14-25-19/h7-11,16H,1-6,12-15H2/b11-10+. The number of rotatable bonds is 0. The van der Waals surface area contributed by atoms with E-state index in [0.717, 1.165) is 62.2 Å². The lowest BCUT2D eigenvalue weighted by Crippen LogP contribution is -2.06. The lowest BCUT2D eigenvalue weighted by molar-refractivity contribution is -0.140. The third-order valence-corrected chi connectivity index (χ3v) is 3.76. The van der Waals surface area contributed by atoms with E-state index in [-0.39, 0.29) is 0 Å². The molecule has 1 heterocycles. The van der Waals surface area contributed by atoms with Crippen LogP contribution in [0.5, 0.6) is 11.5 Å². The van der Waals surface area contributed by atoms with Crippen molar-refractivity contribution in [2.45, 2.75) is 38.5 Å². The molecule has 0 atom stereocenters. The van der Waals surface area contributed by atoms with Crippen molar-refractivity contribution in [2.24, 2.45) is 0 Å². The van der Waals surface area contributed by atoms with Crippen molar-refractivity contribution in [3.05, 3.63) is 36.4 Å². The first kappa shape index (κ1) is 19.8. The Labute approximate surface area is 154 Å². The molecule has 0 spiro atoms. The van der Waals surface area contributed by atoms with Gasteiger partial charge in [-0.2, -0.15) is 0 Å². The van der Waals surface area contributed by atoms with Crippen molar-refractivity contribution >= 4 is 11.9 Å². The molecule has 0 aliphatic carbocycles. The predicted octanol–water partition coefficient (Wildman–Crippen LogP) is 3.44. The first-order valence-electron chi connectivity index (χ1n) is 9.11. The number of carbonyl (C=O) groups is 2. The Hall–Kier alpha value is -2.50. The quantitative estimate of drug-likeness (QED) is 0.659. The average molecular weight is 362 g/mol. The molecule has 1 aromatic carbocycles. The molecule has 0 unspecified atom stereocenters. The molecular weight excluding hydrogens is 336 g/mol. The van der Waals surface area contributed by atoms with Gasteiger partial charge in [0.15, 0.2) is 0 Å². The topological polar surface area (TPSA) is 71.1 Å². The van der Waals surface area contributed by atoms with Crippen LogP contribution in [0, 0.1) is 0 Å². The molecule has 6 nitrogen and oxygen atoms in total. The van der Waals surface area contributed by atoms with Gasteiger partial charge in [0.1, 0.15) is 11.5 Å². The number of ether oxygens (including phenoxy) is 4. The molecule has 0 saturated carbocycles. The monoisotopic (exact) mass is 362 g/mol. The van der Waals surface area contributed by atoms with Crippen LogP contribution < -0.4 is 9.47 Å². The van der Waals surface area contributed by atoms with Crippen LogP contribution in [-0.2, 0) is 19.1 Å². The van der Waals surface area contributed by atoms with E-state index in [0.29, 0.717) is 26.4 Å². The van der Waals surface area contributed by atoms with Crippen LogP contribution in [0.1, 0.15) is 38.5 Å². The number of cyclic esters (lactones) is 2. The van der Waals surface area contributed by atoms with Crippen molar-refractivity contribution in [3.8, 4) is 11.5 Å². The van der Waals surface area contributed by atoms with Crippen LogP contribution in [-0.4, -0.2) is 38.4 Å². The van der Waals surface area contributed by atoms with E-state index >= 15 is 0 Å². The highest BCUT2D eigenvalue weighted by molar-refractivity contribution is 5.91. The molecule has 0 amide bonds. The zero-order valence-corrected chi connectivity index (χ0v) is 15.0. The molecule has 0 aromatic heterocycles. The molecule has 1 aromatic rings. The van der Waals surface area contributed by atoms with E-state index in [1.54, 1.807) is 0 Å². The summed E-state index contributed by atoms with van der Waals surface area (Å²) in [5.41, 5.74) is 0. The van der Waals surface area contributed by atoms with Gasteiger partial charge in [-0.15, -0.1) is 0 Å². The first-order chi connectivity index (χ1) is 12.7. The molecule has 0 fully saturated rings. The molecule has 2 rings (SSSR count). The Bertz CT molecular complexity index is 548. The highest BCUT2D eigenvalue weighted by Gasteiger charge is 2.03. The number of hydrogen-bond acceptors (Lipinski definition) is 6. The largest absolute Gasteiger partial charge is 0.493 e. The van der Waals surface area contributed by atoms with E-state index in [9.17, 15) is 9.59 Å². The lowest BCUT2D eigenvalue weighted by Gasteiger charge is -2.09. The second-order valence-corrected chi connectivity index (χ2v) is 5.96. The van der Waals surface area contributed by atoms with Crippen molar-refractivity contribution in [1.82, 2.24) is 0 Å². The molecule has 1 aliphatic heterocycles. The summed E-state index contributed by atoms with van der Waals surface area (Å²) < 4.78 is 21.5. The number of hydrogen-bond donors (Lipinski definition) is 0. The van der Waals surface area contributed by atoms with Crippen molar-refractivity contribution in [3.63, 3.8) is 0 Å². The minimum Gasteiger partial charge on any atom is -0.493 e. The van der Waals surface area contributed by atoms with Gasteiger partial charge in [-0.05, 0) is 50.7 Å². The van der Waals surface area contributed by atoms with Gasteiger partial charge < -0.3 is 18.9 Å². The summed E-state index contributed by atoms with van der Waals surface area (Å²) in [6, 6.07) is 7.61. The molecule has 0 saturated heterocycles. The molecule has 142 valence electrons. The fourth-order valence-corrected chi connectivity index (χ4v) is 2.37. The second kappa shape index (κ2) is 12.0. The average Bonchev–Trinajstić information content (AvgIpc) is 2.64. The molecule has 26 heavy (non-hydrogen) atoms. The number of carbonyl (C=O) groups excluding carboxylic acids is 2. The predicted molar refractivity (Wildman–Crippen MR) is 96.2 cm³/mol. The minimum atomic E-state index is -0.530. The maximum atomic E-state index is 11.5. The fraction of sp³-hybridized carbons (Fsp3) is 0.500. The Balaban J connectivity index is 1.83. The third kappa shape index (κ3) is 8.55. The molecule has 1 aliphatic rings. The third-order valence-electron chi connectivity index (χ3n) is 3.76. The van der Waals surface area contributed by atoms with Gasteiger partial charge in [0.05, 0.1) is 26.4 Å². The molecule has 2 bridgehead atoms.